The molecule has 0 atom stereocenters. The molecule has 0 unspecified atom stereocenters. The van der Waals surface area contributed by atoms with E-state index in [4.69, 9.17) is 0 Å². The zero-order valence-corrected chi connectivity index (χ0v) is 10.5. The zero-order valence-electron chi connectivity index (χ0n) is 10.5. The third kappa shape index (κ3) is 2.64. The molecule has 0 aliphatic heterocycles. The minimum Gasteiger partial charge on any atom is -0.302 e. The fourth-order valence-electron chi connectivity index (χ4n) is 2.77. The third-order valence-corrected chi connectivity index (χ3v) is 3.56. The van der Waals surface area contributed by atoms with Gasteiger partial charge in [0.15, 0.2) is 0 Å². The molecule has 1 aromatic heterocycles. The lowest BCUT2D eigenvalue weighted by atomic mass is 10.0. The van der Waals surface area contributed by atoms with Crippen molar-refractivity contribution in [1.29, 1.82) is 0 Å². The van der Waals surface area contributed by atoms with Gasteiger partial charge in [-0.05, 0) is 32.9 Å². The molecule has 0 radical (unpaired) electrons. The second-order valence-electron chi connectivity index (χ2n) is 5.03. The molecule has 0 aromatic carbocycles. The van der Waals surface area contributed by atoms with Crippen LogP contribution in [0.1, 0.15) is 56.2 Å². The number of H-pyrrole nitrogens is 1. The zero-order chi connectivity index (χ0) is 11.4. The van der Waals surface area contributed by atoms with Crippen LogP contribution in [0, 0.1) is 0 Å². The highest BCUT2D eigenvalue weighted by molar-refractivity contribution is 5.21. The number of aromatic amines is 1. The lowest BCUT2D eigenvalue weighted by Crippen LogP contribution is -2.19. The first-order valence-electron chi connectivity index (χ1n) is 6.52. The largest absolute Gasteiger partial charge is 0.302 e. The second-order valence-corrected chi connectivity index (χ2v) is 5.03. The summed E-state index contributed by atoms with van der Waals surface area (Å²) >= 11 is 0. The molecule has 2 rings (SSSR count). The summed E-state index contributed by atoms with van der Waals surface area (Å²) in [5, 5.41) is 7.45. The maximum Gasteiger partial charge on any atom is 0.0535 e. The van der Waals surface area contributed by atoms with Crippen molar-refractivity contribution < 1.29 is 0 Å². The summed E-state index contributed by atoms with van der Waals surface area (Å²) in [7, 11) is 2.19. The fourth-order valence-corrected chi connectivity index (χ4v) is 2.77. The first-order valence-corrected chi connectivity index (χ1v) is 6.52. The molecule has 1 saturated carbocycles. The van der Waals surface area contributed by atoms with Gasteiger partial charge in [-0.25, -0.2) is 0 Å². The Morgan fingerprint density at radius 2 is 2.19 bits per heavy atom. The van der Waals surface area contributed by atoms with E-state index in [1.54, 1.807) is 0 Å². The van der Waals surface area contributed by atoms with Crippen molar-refractivity contribution in [2.24, 2.45) is 0 Å². The molecule has 3 heteroatoms. The van der Waals surface area contributed by atoms with Crippen molar-refractivity contribution in [3.05, 3.63) is 17.5 Å². The van der Waals surface area contributed by atoms with Gasteiger partial charge in [-0.15, -0.1) is 0 Å². The Labute approximate surface area is 98.2 Å². The van der Waals surface area contributed by atoms with Gasteiger partial charge in [0.2, 0.25) is 0 Å². The standard InChI is InChI=1S/C13H23N3/c1-3-8-16(2)10-12-9-14-15-13(12)11-6-4-5-7-11/h9,11H,3-8,10H2,1-2H3,(H,14,15). The highest BCUT2D eigenvalue weighted by Crippen LogP contribution is 2.34. The number of aromatic nitrogens is 2. The van der Waals surface area contributed by atoms with Crippen molar-refractivity contribution in [2.45, 2.75) is 51.5 Å². The summed E-state index contributed by atoms with van der Waals surface area (Å²) in [5.74, 6) is 0.743. The van der Waals surface area contributed by atoms with Gasteiger partial charge in [0, 0.05) is 23.7 Å². The van der Waals surface area contributed by atoms with Crippen molar-refractivity contribution in [3.8, 4) is 0 Å². The average molecular weight is 221 g/mol. The Bertz CT molecular complexity index is 313. The normalized spacial score (nSPS) is 17.4. The van der Waals surface area contributed by atoms with E-state index in [0.717, 1.165) is 19.0 Å². The lowest BCUT2D eigenvalue weighted by Gasteiger charge is -2.17. The van der Waals surface area contributed by atoms with Gasteiger partial charge in [0.05, 0.1) is 6.20 Å². The monoisotopic (exact) mass is 221 g/mol. The Morgan fingerprint density at radius 3 is 2.88 bits per heavy atom. The summed E-state index contributed by atoms with van der Waals surface area (Å²) in [6, 6.07) is 0. The molecular formula is C13H23N3. The van der Waals surface area contributed by atoms with Gasteiger partial charge in [-0.3, -0.25) is 5.10 Å². The molecular weight excluding hydrogens is 198 g/mol. The quantitative estimate of drug-likeness (QED) is 0.829. The predicted molar refractivity (Wildman–Crippen MR) is 66.4 cm³/mol. The maximum absolute atomic E-state index is 4.23. The SMILES string of the molecule is CCCN(C)Cc1cn[nH]c1C1CCCC1. The van der Waals surface area contributed by atoms with Gasteiger partial charge < -0.3 is 4.90 Å². The lowest BCUT2D eigenvalue weighted by molar-refractivity contribution is 0.326. The van der Waals surface area contributed by atoms with E-state index in [1.807, 2.05) is 6.20 Å². The van der Waals surface area contributed by atoms with Crippen LogP contribution in [0.25, 0.3) is 0 Å². The molecule has 90 valence electrons. The summed E-state index contributed by atoms with van der Waals surface area (Å²) in [6.45, 7) is 4.43. The Balaban J connectivity index is 2.00. The van der Waals surface area contributed by atoms with Crippen molar-refractivity contribution in [1.82, 2.24) is 15.1 Å². The van der Waals surface area contributed by atoms with Gasteiger partial charge in [0.1, 0.15) is 0 Å². The maximum atomic E-state index is 4.23. The van der Waals surface area contributed by atoms with Gasteiger partial charge in [0.25, 0.3) is 0 Å². The highest BCUT2D eigenvalue weighted by atomic mass is 15.1. The van der Waals surface area contributed by atoms with E-state index in [9.17, 15) is 0 Å². The number of nitrogens with zero attached hydrogens (tertiary/aromatic N) is 2. The Hall–Kier alpha value is -0.830. The van der Waals surface area contributed by atoms with E-state index in [0.29, 0.717) is 0 Å². The van der Waals surface area contributed by atoms with Crippen LogP contribution in [0.15, 0.2) is 6.20 Å². The van der Waals surface area contributed by atoms with Crippen molar-refractivity contribution in [2.75, 3.05) is 13.6 Å². The fraction of sp³-hybridized carbons (Fsp3) is 0.769. The van der Waals surface area contributed by atoms with Crippen LogP contribution in [-0.2, 0) is 6.54 Å². The van der Waals surface area contributed by atoms with E-state index in [1.165, 1.54) is 43.4 Å². The van der Waals surface area contributed by atoms with E-state index >= 15 is 0 Å². The van der Waals surface area contributed by atoms with Crippen LogP contribution in [0.4, 0.5) is 0 Å². The smallest absolute Gasteiger partial charge is 0.0535 e. The van der Waals surface area contributed by atoms with Crippen molar-refractivity contribution >= 4 is 0 Å². The highest BCUT2D eigenvalue weighted by Gasteiger charge is 2.21. The van der Waals surface area contributed by atoms with Crippen LogP contribution < -0.4 is 0 Å². The van der Waals surface area contributed by atoms with Gasteiger partial charge >= 0.3 is 0 Å². The third-order valence-electron chi connectivity index (χ3n) is 3.56. The molecule has 0 amide bonds. The van der Waals surface area contributed by atoms with Crippen LogP contribution in [0.2, 0.25) is 0 Å². The summed E-state index contributed by atoms with van der Waals surface area (Å²) in [4.78, 5) is 2.38. The average Bonchev–Trinajstić information content (AvgIpc) is 2.86. The van der Waals surface area contributed by atoms with Crippen LogP contribution in [-0.4, -0.2) is 28.7 Å². The molecule has 16 heavy (non-hydrogen) atoms. The summed E-state index contributed by atoms with van der Waals surface area (Å²) in [6.07, 6.45) is 8.67. The number of hydrogen-bond acceptors (Lipinski definition) is 2. The molecule has 0 spiro atoms. The topological polar surface area (TPSA) is 31.9 Å². The molecule has 0 saturated heterocycles. The molecule has 3 nitrogen and oxygen atoms in total. The molecule has 1 fully saturated rings. The van der Waals surface area contributed by atoms with Gasteiger partial charge in [-0.2, -0.15) is 5.10 Å². The minimum absolute atomic E-state index is 0.743. The molecule has 1 aliphatic rings. The van der Waals surface area contributed by atoms with Crippen LogP contribution in [0.3, 0.4) is 0 Å². The van der Waals surface area contributed by atoms with Crippen LogP contribution in [0.5, 0.6) is 0 Å². The van der Waals surface area contributed by atoms with Crippen LogP contribution >= 0.6 is 0 Å². The first kappa shape index (κ1) is 11.6. The summed E-state index contributed by atoms with van der Waals surface area (Å²) in [5.41, 5.74) is 2.81. The van der Waals surface area contributed by atoms with E-state index in [-0.39, 0.29) is 0 Å². The minimum atomic E-state index is 0.743. The molecule has 1 heterocycles. The van der Waals surface area contributed by atoms with Gasteiger partial charge in [-0.1, -0.05) is 19.8 Å². The number of rotatable bonds is 5. The molecule has 1 N–H and O–H groups in total. The Kier molecular flexibility index (Phi) is 3.99. The molecule has 0 bridgehead atoms. The number of hydrogen-bond donors (Lipinski definition) is 1. The molecule has 1 aromatic rings. The second kappa shape index (κ2) is 5.48. The first-order chi connectivity index (χ1) is 7.81. The summed E-state index contributed by atoms with van der Waals surface area (Å²) < 4.78 is 0. The predicted octanol–water partition coefficient (Wildman–Crippen LogP) is 2.91. The number of nitrogens with one attached hydrogen (secondary N) is 1. The molecule has 1 aliphatic carbocycles. The Morgan fingerprint density at radius 1 is 1.44 bits per heavy atom. The van der Waals surface area contributed by atoms with Crippen molar-refractivity contribution in [3.63, 3.8) is 0 Å². The van der Waals surface area contributed by atoms with E-state index in [2.05, 4.69) is 29.1 Å². The van der Waals surface area contributed by atoms with E-state index < -0.39 is 0 Å².